The normalized spacial score (nSPS) is 42.3. The molecule has 5 saturated heterocycles. The van der Waals surface area contributed by atoms with Gasteiger partial charge in [0.1, 0.15) is 60.0 Å². The fraction of sp³-hybridized carbons (Fsp3) is 0.760. The third kappa shape index (κ3) is 11.6. The van der Waals surface area contributed by atoms with Gasteiger partial charge in [-0.05, 0) is 78.0 Å². The molecule has 23 nitrogen and oxygen atoms in total. The van der Waals surface area contributed by atoms with Gasteiger partial charge in [-0.1, -0.05) is 0 Å². The van der Waals surface area contributed by atoms with E-state index in [1.165, 1.54) is 20.1 Å². The Kier molecular flexibility index (Phi) is 17.4. The first-order valence-electron chi connectivity index (χ1n) is 25.0. The molecule has 0 bridgehead atoms. The maximum absolute atomic E-state index is 14.9. The van der Waals surface area contributed by atoms with Crippen molar-refractivity contribution in [2.24, 2.45) is 5.92 Å². The number of aliphatic hydroxyl groups excluding tert-OH is 8. The molecular formula is C50H72O23. The largest absolute Gasteiger partial charge is 0.507 e. The fourth-order valence-electron chi connectivity index (χ4n) is 10.9. The summed E-state index contributed by atoms with van der Waals surface area (Å²) in [6.07, 6.45) is -25.1. The van der Waals surface area contributed by atoms with Crippen LogP contribution in [-0.4, -0.2) is 211 Å². The van der Waals surface area contributed by atoms with Crippen molar-refractivity contribution < 1.29 is 113 Å². The molecule has 2 aromatic rings. The van der Waals surface area contributed by atoms with Crippen molar-refractivity contribution in [3.63, 3.8) is 0 Å². The van der Waals surface area contributed by atoms with Crippen molar-refractivity contribution in [3.8, 4) is 17.2 Å². The zero-order valence-corrected chi connectivity index (χ0v) is 42.0. The van der Waals surface area contributed by atoms with Crippen LogP contribution < -0.4 is 4.74 Å². The molecule has 0 radical (unpaired) electrons. The third-order valence-corrected chi connectivity index (χ3v) is 15.3. The van der Waals surface area contributed by atoms with Crippen LogP contribution in [0, 0.1) is 12.8 Å². The molecule has 1 aliphatic carbocycles. The number of hydrogen-bond acceptors (Lipinski definition) is 23. The predicted octanol–water partition coefficient (Wildman–Crippen LogP) is -0.000280. The molecule has 23 heteroatoms. The molecule has 8 unspecified atom stereocenters. The second-order valence-corrected chi connectivity index (χ2v) is 20.5. The molecule has 0 amide bonds. The van der Waals surface area contributed by atoms with Crippen LogP contribution in [0.3, 0.4) is 0 Å². The lowest BCUT2D eigenvalue weighted by atomic mass is 9.75. The highest BCUT2D eigenvalue weighted by Crippen LogP contribution is 2.47. The average molecular weight is 1040 g/mol. The summed E-state index contributed by atoms with van der Waals surface area (Å²) in [6, 6.07) is 3.11. The maximum Gasteiger partial charge on any atom is 0.202 e. The number of hydrogen-bond donors (Lipinski definition) is 10. The number of rotatable bonds is 14. The summed E-state index contributed by atoms with van der Waals surface area (Å²) in [5.41, 5.74) is 0.218. The molecule has 0 aromatic heterocycles. The van der Waals surface area contributed by atoms with Gasteiger partial charge in [-0.25, -0.2) is 0 Å². The zero-order chi connectivity index (χ0) is 53.1. The Bertz CT molecular complexity index is 2240. The molecule has 6 aliphatic rings. The monoisotopic (exact) mass is 1040 g/mol. The van der Waals surface area contributed by atoms with E-state index in [2.05, 4.69) is 0 Å². The average Bonchev–Trinajstić information content (AvgIpc) is 3.32. The summed E-state index contributed by atoms with van der Waals surface area (Å²) in [6.45, 7) is 10.7. The lowest BCUT2D eigenvalue weighted by molar-refractivity contribution is -0.329. The first kappa shape index (κ1) is 55.9. The number of phenols is 2. The Morgan fingerprint density at radius 3 is 1.49 bits per heavy atom. The van der Waals surface area contributed by atoms with E-state index in [0.717, 1.165) is 6.92 Å². The summed E-state index contributed by atoms with van der Waals surface area (Å²) in [5, 5.41) is 109. The quantitative estimate of drug-likeness (QED) is 0.119. The number of aliphatic hydroxyl groups is 8. The van der Waals surface area contributed by atoms with Gasteiger partial charge in [-0.15, -0.1) is 0 Å². The lowest BCUT2D eigenvalue weighted by Gasteiger charge is -2.45. The van der Waals surface area contributed by atoms with Crippen LogP contribution in [0.4, 0.5) is 0 Å². The number of fused-ring (bicyclic) bond motifs is 2. The van der Waals surface area contributed by atoms with E-state index in [1.807, 2.05) is 0 Å². The minimum atomic E-state index is -1.72. The Hall–Kier alpha value is -3.28. The topological polar surface area (TPSA) is 338 Å². The summed E-state index contributed by atoms with van der Waals surface area (Å²) < 4.78 is 66.4. The molecule has 10 N–H and O–H groups in total. The van der Waals surface area contributed by atoms with Crippen LogP contribution in [0.1, 0.15) is 95.1 Å². The van der Waals surface area contributed by atoms with Crippen molar-refractivity contribution in [1.29, 1.82) is 0 Å². The van der Waals surface area contributed by atoms with Crippen molar-refractivity contribution in [3.05, 3.63) is 28.8 Å². The highest BCUT2D eigenvalue weighted by atomic mass is 16.7. The fourth-order valence-corrected chi connectivity index (χ4v) is 10.9. The molecule has 5 heterocycles. The summed E-state index contributed by atoms with van der Waals surface area (Å²) in [5.74, 6) is -3.41. The van der Waals surface area contributed by atoms with Crippen LogP contribution in [-0.2, 0) is 58.6 Å². The van der Waals surface area contributed by atoms with Crippen molar-refractivity contribution in [2.45, 2.75) is 228 Å². The molecule has 410 valence electrons. The van der Waals surface area contributed by atoms with Gasteiger partial charge in [-0.2, -0.15) is 0 Å². The molecule has 5 aliphatic heterocycles. The minimum absolute atomic E-state index is 0.0158. The van der Waals surface area contributed by atoms with Crippen LogP contribution in [0.2, 0.25) is 0 Å². The molecule has 24 atom stereocenters. The Labute approximate surface area is 421 Å². The number of phenolic OH excluding ortho intramolecular Hbond substituents is 2. The van der Waals surface area contributed by atoms with E-state index in [4.69, 9.17) is 52.1 Å². The number of ketones is 2. The van der Waals surface area contributed by atoms with E-state index in [-0.39, 0.29) is 71.7 Å². The van der Waals surface area contributed by atoms with Crippen LogP contribution in [0.5, 0.6) is 17.2 Å². The minimum Gasteiger partial charge on any atom is -0.507 e. The molecular weight excluding hydrogens is 969 g/mol. The van der Waals surface area contributed by atoms with Crippen molar-refractivity contribution in [2.75, 3.05) is 7.11 Å². The number of carbonyl (C=O) groups is 2. The van der Waals surface area contributed by atoms with Gasteiger partial charge in [0.2, 0.25) is 6.29 Å². The summed E-state index contributed by atoms with van der Waals surface area (Å²) >= 11 is 0. The van der Waals surface area contributed by atoms with E-state index in [1.54, 1.807) is 40.7 Å². The van der Waals surface area contributed by atoms with E-state index < -0.39 is 170 Å². The van der Waals surface area contributed by atoms with Crippen LogP contribution in [0.25, 0.3) is 10.8 Å². The number of ether oxygens (including phenoxy) is 11. The smallest absolute Gasteiger partial charge is 0.202 e. The van der Waals surface area contributed by atoms with Crippen LogP contribution in [0.15, 0.2) is 12.1 Å². The van der Waals surface area contributed by atoms with Crippen molar-refractivity contribution in [1.82, 2.24) is 0 Å². The molecule has 2 aromatic carbocycles. The SMILES string of the molecule is CO[C@@H]([C@@H]1Cc2cc3cc(O[C@H]4C[C@@H](O[C@H]5CC(O)[C@H](O)C(C)O5)[C@H](O)C(C)O4)c(C)c(O)c3c(O)c2C(=O)[C@H]1O[C@H]1C[C@@H](O[C@H]2CC(O[C@H]3CC(O)[C@H](O)C(C)O3)[C@@H](O)C(C)O2)[C@H](O)C(C)O1)[C@@H](O)C(C)=O. The van der Waals surface area contributed by atoms with Crippen molar-refractivity contribution >= 4 is 22.3 Å². The number of aromatic hydroxyl groups is 2. The maximum atomic E-state index is 14.9. The Morgan fingerprint density at radius 2 is 1.04 bits per heavy atom. The number of carbonyl (C=O) groups excluding carboxylic acids is 2. The first-order valence-corrected chi connectivity index (χ1v) is 25.0. The van der Waals surface area contributed by atoms with Gasteiger partial charge in [-0.3, -0.25) is 9.59 Å². The van der Waals surface area contributed by atoms with Gasteiger partial charge in [0, 0.05) is 50.7 Å². The molecule has 8 rings (SSSR count). The van der Waals surface area contributed by atoms with E-state index in [0.29, 0.717) is 0 Å². The highest BCUT2D eigenvalue weighted by molar-refractivity contribution is 6.11. The lowest BCUT2D eigenvalue weighted by Crippen LogP contribution is -2.56. The molecule has 0 saturated carbocycles. The Balaban J connectivity index is 1.03. The standard InChI is InChI=1S/C50H72O23/c1-17-29(69-35-14-30(44(58)21(5)66-35)70-33-12-27(52)42(56)19(3)64-33)11-25-9-24-10-26(49(63-8)41(55)18(2)51)50(48(62)39(24)47(61)38(25)40(17)54)73-37-16-32(46(60)23(7)68-37)72-36-15-31(45(59)22(6)67-36)71-34-13-28(53)43(57)20(4)65-34/h9,11,19-23,26-28,30-37,41-46,49-50,52-61H,10,12-16H2,1-8H3/t19?,20?,21?,22?,23?,26-,27?,28?,30+,31?,32+,33-,34-,35-,36-,37-,41-,42+,43+,44+,45-,46+,49-,50-/m0/s1. The predicted molar refractivity (Wildman–Crippen MR) is 248 cm³/mol. The number of methoxy groups -OCH3 is 1. The molecule has 73 heavy (non-hydrogen) atoms. The number of Topliss-reactive ketones (excluding diaryl/α,β-unsaturated/α-hetero) is 2. The van der Waals surface area contributed by atoms with Gasteiger partial charge >= 0.3 is 0 Å². The first-order chi connectivity index (χ1) is 34.4. The molecule has 0 spiro atoms. The third-order valence-electron chi connectivity index (χ3n) is 15.3. The van der Waals surface area contributed by atoms with E-state index in [9.17, 15) is 60.7 Å². The van der Waals surface area contributed by atoms with Gasteiger partial charge in [0.25, 0.3) is 0 Å². The second-order valence-electron chi connectivity index (χ2n) is 20.5. The van der Waals surface area contributed by atoms with Gasteiger partial charge in [0.15, 0.2) is 36.7 Å². The second kappa shape index (κ2) is 22.7. The highest BCUT2D eigenvalue weighted by Gasteiger charge is 2.50. The Morgan fingerprint density at radius 1 is 0.616 bits per heavy atom. The van der Waals surface area contributed by atoms with E-state index >= 15 is 0 Å². The number of benzene rings is 2. The van der Waals surface area contributed by atoms with Gasteiger partial charge < -0.3 is 103 Å². The zero-order valence-electron chi connectivity index (χ0n) is 42.0. The molecule has 5 fully saturated rings. The van der Waals surface area contributed by atoms with Crippen LogP contribution >= 0.6 is 0 Å². The summed E-state index contributed by atoms with van der Waals surface area (Å²) in [7, 11) is 1.26. The summed E-state index contributed by atoms with van der Waals surface area (Å²) in [4.78, 5) is 27.6. The van der Waals surface area contributed by atoms with Gasteiger partial charge in [0.05, 0.1) is 78.1 Å².